The second-order valence-corrected chi connectivity index (χ2v) is 31.6. The second kappa shape index (κ2) is 33.1. The number of aromatic carboxylic acids is 2. The number of anilines is 6. The Bertz CT molecular complexity index is 4570. The fourth-order valence-electron chi connectivity index (χ4n) is 13.3. The highest BCUT2D eigenvalue weighted by Crippen LogP contribution is 2.49. The van der Waals surface area contributed by atoms with Crippen LogP contribution in [-0.4, -0.2) is 107 Å². The van der Waals surface area contributed by atoms with Crippen molar-refractivity contribution in [1.82, 2.24) is 0 Å². The molecule has 6 aliphatic rings. The number of sulfone groups is 1. The topological polar surface area (TPSA) is 272 Å². The van der Waals surface area contributed by atoms with Crippen LogP contribution in [-0.2, 0) is 57.1 Å². The Morgan fingerprint density at radius 3 is 1.08 bits per heavy atom. The maximum Gasteiger partial charge on any atom is 0.483 e. The predicted octanol–water partition coefficient (Wildman–Crippen LogP) is 17.7. The molecule has 5 heterocycles. The molecule has 0 aromatic heterocycles. The summed E-state index contributed by atoms with van der Waals surface area (Å²) < 4.78 is 82.1. The van der Waals surface area contributed by atoms with E-state index in [1.807, 2.05) is 188 Å². The molecule has 5 aliphatic heterocycles. The number of carboxylic acid groups (broad SMARTS) is 2. The van der Waals surface area contributed by atoms with E-state index >= 15 is 0 Å². The van der Waals surface area contributed by atoms with E-state index in [1.54, 1.807) is 58.0 Å². The minimum atomic E-state index is -3.08. The van der Waals surface area contributed by atoms with Gasteiger partial charge in [-0.05, 0) is 224 Å². The van der Waals surface area contributed by atoms with Crippen LogP contribution in [0.25, 0.3) is 0 Å². The van der Waals surface area contributed by atoms with E-state index in [-0.39, 0.29) is 69.5 Å². The van der Waals surface area contributed by atoms with Crippen LogP contribution in [0.5, 0.6) is 0 Å². The maximum atomic E-state index is 13.1. The molecule has 3 amide bonds. The van der Waals surface area contributed by atoms with Gasteiger partial charge in [0.25, 0.3) is 0 Å². The highest BCUT2D eigenvalue weighted by Gasteiger charge is 2.48. The van der Waals surface area contributed by atoms with E-state index in [9.17, 15) is 73.1 Å². The van der Waals surface area contributed by atoms with Crippen LogP contribution in [0.4, 0.5) is 74.9 Å². The molecule has 0 spiro atoms. The van der Waals surface area contributed by atoms with E-state index in [0.717, 1.165) is 79.7 Å². The molecule has 4 unspecified atom stereocenters. The highest BCUT2D eigenvalue weighted by atomic mass is 32.2. The van der Waals surface area contributed by atoms with Gasteiger partial charge in [-0.15, -0.1) is 26.3 Å². The Hall–Kier alpha value is -10.2. The number of benzene rings is 7. The molecule has 7 aromatic rings. The number of fused-ring (bicyclic) bond motifs is 4. The van der Waals surface area contributed by atoms with E-state index in [0.29, 0.717) is 36.0 Å². The van der Waals surface area contributed by atoms with Gasteiger partial charge in [0.15, 0.2) is 21.4 Å². The Morgan fingerprint density at radius 1 is 0.442 bits per heavy atom. The first kappa shape index (κ1) is 81.1. The molecule has 2 fully saturated rings. The summed E-state index contributed by atoms with van der Waals surface area (Å²) in [5.41, 5.74) is 8.25. The Morgan fingerprint density at radius 2 is 0.760 bits per heavy atom. The Balaban J connectivity index is 0.000000187. The van der Waals surface area contributed by atoms with Crippen LogP contribution in [0.3, 0.4) is 0 Å². The summed E-state index contributed by atoms with van der Waals surface area (Å²) in [4.78, 5) is 128. The fraction of sp³-hybridized carbons (Fsp3) is 0.321. The van der Waals surface area contributed by atoms with Crippen molar-refractivity contribution in [3.05, 3.63) is 214 Å². The summed E-state index contributed by atoms with van der Waals surface area (Å²) in [7, 11) is -3.08. The van der Waals surface area contributed by atoms with Crippen molar-refractivity contribution in [3.63, 3.8) is 0 Å². The molecule has 7 aromatic carbocycles. The van der Waals surface area contributed by atoms with E-state index in [4.69, 9.17) is 24.6 Å². The number of halogens is 6. The number of ketones is 3. The SMILES string of the molecule is CC1(C)C(=O)Cc2ccc(C(=O)O)cc21.CC1(C)C(=O)N(c2ccccc2)c2ccc(C(=O)O)cc21.CC1CC(CC(=O)c2ccc3c(c2)C(C)(C)C(=O)N3c2ccccc2)CS1.CC1CC(CC(=O)c2ccc3c(c2)C(C)(C)C(=O)N3c2ccccc2)CS1(=O)=O.O=C(F)F.O=C(F)F.O=C(F)F. The summed E-state index contributed by atoms with van der Waals surface area (Å²) in [5, 5.41) is 18.3. The molecule has 0 saturated carbocycles. The standard InChI is InChI=1S/C23H25NO4S.C23H25NO2S.C17H15NO3.C12H12O3.3CF2O/c1-15-11-16(14-29(15,27)28)12-21(25)17-9-10-20-19(13-17)23(2,3)22(26)24(20)18-7-5-4-6-8-18;1-15-11-16(14-27-15)12-21(25)17-9-10-20-19(13-17)23(2,3)22(26)24(20)18-7-5-4-6-8-18;1-17(2)13-10-11(15(19)20)8-9-14(13)18(16(17)21)12-6-4-3-5-7-12;1-12(2)9-5-8(11(14)15)4-3-7(9)6-10(12)13;3*2-1(3)4/h4-10,13,15-16H,11-12,14H2,1-3H3;4-10,13,15-16H,11-12,14H2,1-3H3;3-10H,1-2H3,(H,19,20);3-5H,6H2,1-2H3,(H,14,15);;;. The van der Waals surface area contributed by atoms with Gasteiger partial charge in [-0.1, -0.05) is 67.6 Å². The molecule has 18 nitrogen and oxygen atoms in total. The molecule has 0 radical (unpaired) electrons. The first-order valence-corrected chi connectivity index (χ1v) is 35.5. The monoisotopic (exact) mass is 1470 g/mol. The Kier molecular flexibility index (Phi) is 25.8. The van der Waals surface area contributed by atoms with Crippen molar-refractivity contribution in [1.29, 1.82) is 0 Å². The number of para-hydroxylation sites is 3. The van der Waals surface area contributed by atoms with Gasteiger partial charge in [0.1, 0.15) is 5.78 Å². The fourth-order valence-corrected chi connectivity index (χ4v) is 16.4. The number of amides is 3. The highest BCUT2D eigenvalue weighted by molar-refractivity contribution is 8.00. The Labute approximate surface area is 601 Å². The van der Waals surface area contributed by atoms with Crippen molar-refractivity contribution in [3.8, 4) is 0 Å². The third-order valence-electron chi connectivity index (χ3n) is 18.9. The number of carbonyl (C=O) groups excluding carboxylic acids is 9. The number of thioether (sulfide) groups is 1. The molecule has 26 heteroatoms. The van der Waals surface area contributed by atoms with Crippen LogP contribution < -0.4 is 14.7 Å². The minimum absolute atomic E-state index is 0.0287. The predicted molar refractivity (Wildman–Crippen MR) is 383 cm³/mol. The first-order chi connectivity index (χ1) is 48.5. The average Bonchev–Trinajstić information content (AvgIpc) is 1.60. The first-order valence-electron chi connectivity index (χ1n) is 32.7. The van der Waals surface area contributed by atoms with Gasteiger partial charge in [-0.3, -0.25) is 43.5 Å². The zero-order valence-corrected chi connectivity index (χ0v) is 60.1. The lowest BCUT2D eigenvalue weighted by Gasteiger charge is -2.20. The van der Waals surface area contributed by atoms with Crippen molar-refractivity contribution in [2.45, 2.75) is 134 Å². The van der Waals surface area contributed by atoms with Crippen molar-refractivity contribution in [2.24, 2.45) is 11.8 Å². The molecular formula is C78H77F6N3O15S2. The normalized spacial score (nSPS) is 19.4. The van der Waals surface area contributed by atoms with Crippen molar-refractivity contribution >= 4 is 122 Å². The number of hydrogen-bond donors (Lipinski definition) is 2. The van der Waals surface area contributed by atoms with Gasteiger partial charge < -0.3 is 10.2 Å². The summed E-state index contributed by atoms with van der Waals surface area (Å²) in [6.07, 6.45) is -5.61. The van der Waals surface area contributed by atoms with Gasteiger partial charge in [0, 0.05) is 58.1 Å². The smallest absolute Gasteiger partial charge is 0.478 e. The molecule has 2 N–H and O–H groups in total. The number of Topliss-reactive ketones (excluding diaryl/α,β-unsaturated/α-hetero) is 3. The lowest BCUT2D eigenvalue weighted by atomic mass is 9.84. The zero-order valence-electron chi connectivity index (χ0n) is 58.5. The summed E-state index contributed by atoms with van der Waals surface area (Å²) in [5.74, 6) is -0.193. The van der Waals surface area contributed by atoms with Gasteiger partial charge >= 0.3 is 30.8 Å². The van der Waals surface area contributed by atoms with Crippen LogP contribution in [0, 0.1) is 11.8 Å². The van der Waals surface area contributed by atoms with Crippen LogP contribution in [0.15, 0.2) is 164 Å². The summed E-state index contributed by atoms with van der Waals surface area (Å²) in [6, 6.07) is 49.5. The quantitative estimate of drug-likeness (QED) is 0.0692. The molecule has 104 heavy (non-hydrogen) atoms. The van der Waals surface area contributed by atoms with Gasteiger partial charge in [0.05, 0.1) is 55.4 Å². The molecule has 548 valence electrons. The number of carbonyl (C=O) groups is 11. The van der Waals surface area contributed by atoms with E-state index in [2.05, 4.69) is 6.92 Å². The minimum Gasteiger partial charge on any atom is -0.478 e. The van der Waals surface area contributed by atoms with E-state index < -0.39 is 62.3 Å². The number of nitrogens with zero attached hydrogens (tertiary/aromatic N) is 3. The summed E-state index contributed by atoms with van der Waals surface area (Å²) in [6.45, 7) is 18.9. The third kappa shape index (κ3) is 18.6. The molecule has 0 bridgehead atoms. The third-order valence-corrected chi connectivity index (χ3v) is 22.7. The van der Waals surface area contributed by atoms with Crippen molar-refractivity contribution in [2.75, 3.05) is 26.2 Å². The average molecular weight is 1470 g/mol. The van der Waals surface area contributed by atoms with Crippen LogP contribution in [0.2, 0.25) is 0 Å². The lowest BCUT2D eigenvalue weighted by molar-refractivity contribution is -0.122. The molecular weight excluding hydrogens is 1400 g/mol. The van der Waals surface area contributed by atoms with Crippen LogP contribution >= 0.6 is 11.8 Å². The molecule has 4 atom stereocenters. The van der Waals surface area contributed by atoms with Gasteiger partial charge in [-0.2, -0.15) is 11.8 Å². The molecule has 13 rings (SSSR count). The van der Waals surface area contributed by atoms with Crippen molar-refractivity contribution < 1.29 is 97.7 Å². The number of hydrogen-bond acceptors (Lipinski definition) is 14. The van der Waals surface area contributed by atoms with Gasteiger partial charge in [0.2, 0.25) is 17.7 Å². The molecule has 1 aliphatic carbocycles. The largest absolute Gasteiger partial charge is 0.483 e. The summed E-state index contributed by atoms with van der Waals surface area (Å²) >= 11 is 1.96. The number of carboxylic acids is 2. The van der Waals surface area contributed by atoms with Crippen LogP contribution in [0.1, 0.15) is 164 Å². The van der Waals surface area contributed by atoms with E-state index in [1.165, 1.54) is 6.07 Å². The second-order valence-electron chi connectivity index (χ2n) is 27.6. The lowest BCUT2D eigenvalue weighted by Crippen LogP contribution is -2.33. The maximum absolute atomic E-state index is 13.1. The number of rotatable bonds is 11. The zero-order chi connectivity index (χ0) is 77.3. The molecule has 2 saturated heterocycles. The van der Waals surface area contributed by atoms with Gasteiger partial charge in [-0.25, -0.2) is 32.4 Å².